The van der Waals surface area contributed by atoms with Crippen LogP contribution in [-0.2, 0) is 14.6 Å². The summed E-state index contributed by atoms with van der Waals surface area (Å²) in [5, 5.41) is 13.2. The van der Waals surface area contributed by atoms with Crippen molar-refractivity contribution in [2.75, 3.05) is 18.5 Å². The molecule has 0 unspecified atom stereocenters. The molecule has 29 heavy (non-hydrogen) atoms. The van der Waals surface area contributed by atoms with Crippen LogP contribution in [-0.4, -0.2) is 47.5 Å². The van der Waals surface area contributed by atoms with Gasteiger partial charge in [0.25, 0.3) is 0 Å². The van der Waals surface area contributed by atoms with E-state index in [1.165, 1.54) is 15.9 Å². The molecule has 1 aliphatic heterocycles. The first-order valence-corrected chi connectivity index (χ1v) is 11.7. The molecular weight excluding hydrogens is 410 g/mol. The maximum atomic E-state index is 13.2. The van der Waals surface area contributed by atoms with Gasteiger partial charge in [-0.1, -0.05) is 22.9 Å². The van der Waals surface area contributed by atoms with Gasteiger partial charge in [-0.3, -0.25) is 0 Å². The largest absolute Gasteiger partial charge is 0.376 e. The fourth-order valence-electron chi connectivity index (χ4n) is 3.46. The molecule has 0 aliphatic carbocycles. The normalized spacial score (nSPS) is 17.3. The second-order valence-electron chi connectivity index (χ2n) is 7.06. The number of nitrogens with one attached hydrogen (secondary N) is 1. The highest BCUT2D eigenvalue weighted by Gasteiger charge is 2.27. The molecule has 5 rings (SSSR count). The third-order valence-electron chi connectivity index (χ3n) is 5.03. The number of nitrogens with zero attached hydrogens (tertiary/aromatic N) is 4. The number of hydrogen-bond acceptors (Lipinski definition) is 8. The summed E-state index contributed by atoms with van der Waals surface area (Å²) in [5.41, 5.74) is 1.97. The van der Waals surface area contributed by atoms with Crippen molar-refractivity contribution >= 4 is 42.9 Å². The van der Waals surface area contributed by atoms with Crippen LogP contribution in [0.5, 0.6) is 0 Å². The van der Waals surface area contributed by atoms with E-state index in [4.69, 9.17) is 4.74 Å². The second kappa shape index (κ2) is 7.05. The van der Waals surface area contributed by atoms with E-state index in [0.717, 1.165) is 35.2 Å². The van der Waals surface area contributed by atoms with Crippen molar-refractivity contribution in [2.45, 2.75) is 35.8 Å². The number of rotatable bonds is 5. The fourth-order valence-corrected chi connectivity index (χ4v) is 5.53. The zero-order valence-electron chi connectivity index (χ0n) is 15.7. The standard InChI is InChI=1S/C19H19N5O3S2/c1-12-4-6-14(7-5-12)29(25,26)19-18-21-17(20-11-13-3-2-9-27-13)16-15(8-10-28-16)24(18)23-22-19/h4-8,10,13H,2-3,9,11H2,1H3,(H,20,21)/t13-/m1/s1. The van der Waals surface area contributed by atoms with Crippen LogP contribution in [0, 0.1) is 6.92 Å². The van der Waals surface area contributed by atoms with Gasteiger partial charge in [0.15, 0.2) is 5.65 Å². The molecule has 1 atom stereocenters. The van der Waals surface area contributed by atoms with E-state index in [1.807, 2.05) is 18.4 Å². The Morgan fingerprint density at radius 2 is 2.10 bits per heavy atom. The maximum absolute atomic E-state index is 13.2. The average molecular weight is 430 g/mol. The van der Waals surface area contributed by atoms with Gasteiger partial charge < -0.3 is 10.1 Å². The van der Waals surface area contributed by atoms with Crippen molar-refractivity contribution in [3.63, 3.8) is 0 Å². The van der Waals surface area contributed by atoms with Crippen LogP contribution in [0.4, 0.5) is 5.82 Å². The first kappa shape index (κ1) is 18.5. The van der Waals surface area contributed by atoms with Crippen LogP contribution < -0.4 is 5.32 Å². The fraction of sp³-hybridized carbons (Fsp3) is 0.316. The Kier molecular flexibility index (Phi) is 4.49. The molecule has 0 saturated carbocycles. The number of thiophene rings is 1. The molecule has 1 N–H and O–H groups in total. The molecule has 1 aliphatic rings. The van der Waals surface area contributed by atoms with Crippen molar-refractivity contribution in [3.8, 4) is 0 Å². The minimum atomic E-state index is -3.84. The van der Waals surface area contributed by atoms with Crippen molar-refractivity contribution < 1.29 is 13.2 Å². The monoisotopic (exact) mass is 429 g/mol. The highest BCUT2D eigenvalue weighted by molar-refractivity contribution is 7.91. The molecule has 0 amide bonds. The number of aryl methyl sites for hydroxylation is 1. The number of ether oxygens (including phenoxy) is 1. The first-order chi connectivity index (χ1) is 14.0. The van der Waals surface area contributed by atoms with Crippen LogP contribution in [0.3, 0.4) is 0 Å². The number of aromatic nitrogens is 4. The average Bonchev–Trinajstić information content (AvgIpc) is 3.45. The number of anilines is 1. The number of hydrogen-bond donors (Lipinski definition) is 1. The zero-order valence-corrected chi connectivity index (χ0v) is 17.3. The lowest BCUT2D eigenvalue weighted by Crippen LogP contribution is -2.19. The Bertz CT molecular complexity index is 1290. The smallest absolute Gasteiger partial charge is 0.229 e. The summed E-state index contributed by atoms with van der Waals surface area (Å²) in [6, 6.07) is 8.57. The van der Waals surface area contributed by atoms with Gasteiger partial charge in [0.1, 0.15) is 5.82 Å². The Balaban J connectivity index is 1.62. The molecule has 4 aromatic rings. The first-order valence-electron chi connectivity index (χ1n) is 9.34. The van der Waals surface area contributed by atoms with Crippen molar-refractivity contribution in [3.05, 3.63) is 41.3 Å². The number of benzene rings is 1. The summed E-state index contributed by atoms with van der Waals surface area (Å²) in [4.78, 5) is 4.78. The van der Waals surface area contributed by atoms with Gasteiger partial charge in [-0.15, -0.1) is 16.4 Å². The molecule has 1 saturated heterocycles. The van der Waals surface area contributed by atoms with E-state index >= 15 is 0 Å². The molecule has 0 bridgehead atoms. The van der Waals surface area contributed by atoms with Gasteiger partial charge in [0, 0.05) is 13.2 Å². The van der Waals surface area contributed by atoms with Gasteiger partial charge in [-0.25, -0.2) is 13.4 Å². The Labute approximate surface area is 171 Å². The Hall–Kier alpha value is -2.56. The molecular formula is C19H19N5O3S2. The molecule has 0 radical (unpaired) electrons. The molecule has 150 valence electrons. The lowest BCUT2D eigenvalue weighted by Gasteiger charge is -2.12. The molecule has 1 fully saturated rings. The number of fused-ring (bicyclic) bond motifs is 3. The van der Waals surface area contributed by atoms with Gasteiger partial charge >= 0.3 is 0 Å². The topological polar surface area (TPSA) is 98.5 Å². The highest BCUT2D eigenvalue weighted by Crippen LogP contribution is 2.31. The Morgan fingerprint density at radius 1 is 1.28 bits per heavy atom. The molecule has 0 spiro atoms. The summed E-state index contributed by atoms with van der Waals surface area (Å²) in [7, 11) is -3.84. The van der Waals surface area contributed by atoms with Crippen molar-refractivity contribution in [1.82, 2.24) is 19.8 Å². The molecule has 1 aromatic carbocycles. The van der Waals surface area contributed by atoms with E-state index in [2.05, 4.69) is 20.6 Å². The second-order valence-corrected chi connectivity index (χ2v) is 9.84. The summed E-state index contributed by atoms with van der Waals surface area (Å²) in [6.45, 7) is 3.31. The predicted molar refractivity (Wildman–Crippen MR) is 110 cm³/mol. The quantitative estimate of drug-likeness (QED) is 0.520. The minimum absolute atomic E-state index is 0.141. The lowest BCUT2D eigenvalue weighted by atomic mass is 10.2. The Morgan fingerprint density at radius 3 is 2.86 bits per heavy atom. The van der Waals surface area contributed by atoms with Gasteiger partial charge in [0.2, 0.25) is 14.9 Å². The van der Waals surface area contributed by atoms with Crippen LogP contribution in [0.25, 0.3) is 15.9 Å². The molecule has 8 nitrogen and oxygen atoms in total. The van der Waals surface area contributed by atoms with E-state index < -0.39 is 9.84 Å². The highest BCUT2D eigenvalue weighted by atomic mass is 32.2. The SMILES string of the molecule is Cc1ccc(S(=O)(=O)c2nnn3c2nc(NC[C@H]2CCCO2)c2sccc23)cc1. The molecule has 4 heterocycles. The number of sulfone groups is 1. The minimum Gasteiger partial charge on any atom is -0.376 e. The lowest BCUT2D eigenvalue weighted by molar-refractivity contribution is 0.120. The van der Waals surface area contributed by atoms with Crippen molar-refractivity contribution in [1.29, 1.82) is 0 Å². The summed E-state index contributed by atoms with van der Waals surface area (Å²) >= 11 is 1.52. The van der Waals surface area contributed by atoms with E-state index in [1.54, 1.807) is 24.3 Å². The molecule has 3 aromatic heterocycles. The van der Waals surface area contributed by atoms with Crippen LogP contribution in [0.15, 0.2) is 45.6 Å². The zero-order chi connectivity index (χ0) is 20.0. The van der Waals surface area contributed by atoms with Crippen LogP contribution >= 0.6 is 11.3 Å². The maximum Gasteiger partial charge on any atom is 0.229 e. The third kappa shape index (κ3) is 3.17. The van der Waals surface area contributed by atoms with Crippen LogP contribution in [0.1, 0.15) is 18.4 Å². The van der Waals surface area contributed by atoms with Gasteiger partial charge in [0.05, 0.1) is 21.2 Å². The van der Waals surface area contributed by atoms with E-state index in [-0.39, 0.29) is 21.7 Å². The summed E-state index contributed by atoms with van der Waals surface area (Å²) < 4.78 is 34.4. The molecule has 10 heteroatoms. The van der Waals surface area contributed by atoms with Gasteiger partial charge in [-0.2, -0.15) is 4.52 Å². The van der Waals surface area contributed by atoms with Gasteiger partial charge in [-0.05, 0) is 43.3 Å². The summed E-state index contributed by atoms with van der Waals surface area (Å²) in [6.07, 6.45) is 2.20. The van der Waals surface area contributed by atoms with E-state index in [0.29, 0.717) is 12.4 Å². The van der Waals surface area contributed by atoms with Crippen molar-refractivity contribution in [2.24, 2.45) is 0 Å². The van der Waals surface area contributed by atoms with Crippen LogP contribution in [0.2, 0.25) is 0 Å². The third-order valence-corrected chi connectivity index (χ3v) is 7.61. The van der Waals surface area contributed by atoms with E-state index in [9.17, 15) is 8.42 Å². The summed E-state index contributed by atoms with van der Waals surface area (Å²) in [5.74, 6) is 0.626. The predicted octanol–water partition coefficient (Wildman–Crippen LogP) is 3.07.